The maximum Gasteiger partial charge on any atom is 0.223 e. The third-order valence-corrected chi connectivity index (χ3v) is 6.53. The highest BCUT2D eigenvalue weighted by molar-refractivity contribution is 7.90. The molecular formula is C22H25N3O3S. The van der Waals surface area contributed by atoms with Gasteiger partial charge in [-0.25, -0.2) is 18.4 Å². The summed E-state index contributed by atoms with van der Waals surface area (Å²) in [5.41, 5.74) is 2.37. The summed E-state index contributed by atoms with van der Waals surface area (Å²) in [6, 6.07) is 17.9. The standard InChI is InChI=1S/C22H25N3O3S/c1-29(26,27)16-22(11-13-28-14-12-22)15-23-21-24-19-10-6-5-9-18(19)20(25-21)17-7-3-2-4-8-17/h2-10H,11-16H2,1H3,(H,23,24,25). The lowest BCUT2D eigenvalue weighted by Gasteiger charge is -2.36. The first kappa shape index (κ1) is 19.8. The number of sulfone groups is 1. The zero-order valence-electron chi connectivity index (χ0n) is 16.5. The molecule has 152 valence electrons. The lowest BCUT2D eigenvalue weighted by molar-refractivity contribution is 0.0314. The zero-order chi connectivity index (χ0) is 20.3. The number of hydrogen-bond donors (Lipinski definition) is 1. The topological polar surface area (TPSA) is 81.2 Å². The minimum Gasteiger partial charge on any atom is -0.381 e. The second kappa shape index (κ2) is 8.08. The maximum atomic E-state index is 12.0. The molecule has 0 amide bonds. The third kappa shape index (κ3) is 4.74. The highest BCUT2D eigenvalue weighted by atomic mass is 32.2. The number of nitrogens with zero attached hydrogens (tertiary/aromatic N) is 2. The predicted molar refractivity (Wildman–Crippen MR) is 116 cm³/mol. The van der Waals surface area contributed by atoms with E-state index in [4.69, 9.17) is 9.72 Å². The van der Waals surface area contributed by atoms with E-state index in [2.05, 4.69) is 10.3 Å². The molecule has 2 heterocycles. The van der Waals surface area contributed by atoms with Crippen LogP contribution in [0.3, 0.4) is 0 Å². The monoisotopic (exact) mass is 411 g/mol. The van der Waals surface area contributed by atoms with Gasteiger partial charge in [0.15, 0.2) is 0 Å². The first-order chi connectivity index (χ1) is 13.9. The largest absolute Gasteiger partial charge is 0.381 e. The summed E-state index contributed by atoms with van der Waals surface area (Å²) in [4.78, 5) is 9.45. The Bertz CT molecular complexity index is 1090. The molecule has 1 aliphatic rings. The van der Waals surface area contributed by atoms with Crippen LogP contribution in [-0.4, -0.2) is 50.2 Å². The SMILES string of the molecule is CS(=O)(=O)CC1(CNc2nc(-c3ccccc3)c3ccccc3n2)CCOCC1. The molecule has 1 aromatic heterocycles. The van der Waals surface area contributed by atoms with Crippen LogP contribution >= 0.6 is 0 Å². The molecule has 29 heavy (non-hydrogen) atoms. The summed E-state index contributed by atoms with van der Waals surface area (Å²) in [5.74, 6) is 0.650. The Labute approximate surface area is 171 Å². The van der Waals surface area contributed by atoms with Gasteiger partial charge in [-0.3, -0.25) is 0 Å². The molecule has 6 nitrogen and oxygen atoms in total. The van der Waals surface area contributed by atoms with Gasteiger partial charge in [-0.2, -0.15) is 0 Å². The molecule has 7 heteroatoms. The summed E-state index contributed by atoms with van der Waals surface area (Å²) < 4.78 is 29.5. The molecule has 1 aliphatic heterocycles. The number of aromatic nitrogens is 2. The molecule has 1 fully saturated rings. The first-order valence-electron chi connectivity index (χ1n) is 9.76. The Kier molecular flexibility index (Phi) is 5.52. The van der Waals surface area contributed by atoms with Crippen molar-refractivity contribution in [3.8, 4) is 11.3 Å². The molecule has 1 N–H and O–H groups in total. The van der Waals surface area contributed by atoms with E-state index in [0.717, 1.165) is 22.2 Å². The lowest BCUT2D eigenvalue weighted by Crippen LogP contribution is -2.41. The van der Waals surface area contributed by atoms with Crippen molar-refractivity contribution >= 4 is 26.7 Å². The van der Waals surface area contributed by atoms with Crippen molar-refractivity contribution in [1.29, 1.82) is 0 Å². The Balaban J connectivity index is 1.67. The lowest BCUT2D eigenvalue weighted by atomic mass is 9.82. The molecule has 3 aromatic rings. The van der Waals surface area contributed by atoms with E-state index >= 15 is 0 Å². The Hall–Kier alpha value is -2.51. The molecule has 0 bridgehead atoms. The van der Waals surface area contributed by atoms with Crippen LogP contribution in [0.5, 0.6) is 0 Å². The molecule has 2 aromatic carbocycles. The molecule has 0 saturated carbocycles. The normalized spacial score (nSPS) is 16.6. The summed E-state index contributed by atoms with van der Waals surface area (Å²) in [5, 5.41) is 4.33. The molecule has 0 radical (unpaired) electrons. The van der Waals surface area contributed by atoms with Gasteiger partial charge in [-0.1, -0.05) is 48.5 Å². The number of para-hydroxylation sites is 1. The average Bonchev–Trinajstić information content (AvgIpc) is 2.72. The molecule has 0 spiro atoms. The van der Waals surface area contributed by atoms with Crippen LogP contribution in [0.2, 0.25) is 0 Å². The van der Waals surface area contributed by atoms with E-state index in [-0.39, 0.29) is 11.2 Å². The Morgan fingerprint density at radius 3 is 2.41 bits per heavy atom. The molecule has 0 aliphatic carbocycles. The van der Waals surface area contributed by atoms with Crippen molar-refractivity contribution in [2.75, 3.05) is 37.1 Å². The van der Waals surface area contributed by atoms with Crippen LogP contribution in [0, 0.1) is 5.41 Å². The van der Waals surface area contributed by atoms with Crippen LogP contribution in [0.15, 0.2) is 54.6 Å². The van der Waals surface area contributed by atoms with E-state index in [9.17, 15) is 8.42 Å². The van der Waals surface area contributed by atoms with Gasteiger partial charge in [-0.15, -0.1) is 0 Å². The van der Waals surface area contributed by atoms with E-state index < -0.39 is 9.84 Å². The van der Waals surface area contributed by atoms with Crippen molar-refractivity contribution in [3.63, 3.8) is 0 Å². The van der Waals surface area contributed by atoms with Crippen molar-refractivity contribution in [3.05, 3.63) is 54.6 Å². The molecule has 0 unspecified atom stereocenters. The Morgan fingerprint density at radius 1 is 1.00 bits per heavy atom. The fourth-order valence-corrected chi connectivity index (χ4v) is 5.47. The van der Waals surface area contributed by atoms with Gasteiger partial charge in [0.05, 0.1) is 17.0 Å². The quantitative estimate of drug-likeness (QED) is 0.668. The van der Waals surface area contributed by atoms with Gasteiger partial charge in [0, 0.05) is 42.4 Å². The third-order valence-electron chi connectivity index (χ3n) is 5.39. The van der Waals surface area contributed by atoms with Gasteiger partial charge in [0.2, 0.25) is 5.95 Å². The van der Waals surface area contributed by atoms with Gasteiger partial charge in [0.1, 0.15) is 9.84 Å². The van der Waals surface area contributed by atoms with Crippen LogP contribution in [0.25, 0.3) is 22.2 Å². The fourth-order valence-electron chi connectivity index (χ4n) is 3.97. The van der Waals surface area contributed by atoms with Crippen molar-refractivity contribution in [1.82, 2.24) is 9.97 Å². The molecule has 4 rings (SSSR count). The van der Waals surface area contributed by atoms with Crippen LogP contribution in [0.1, 0.15) is 12.8 Å². The van der Waals surface area contributed by atoms with Crippen molar-refractivity contribution < 1.29 is 13.2 Å². The van der Waals surface area contributed by atoms with Crippen LogP contribution < -0.4 is 5.32 Å². The number of anilines is 1. The number of ether oxygens (including phenoxy) is 1. The maximum absolute atomic E-state index is 12.0. The van der Waals surface area contributed by atoms with E-state index in [1.54, 1.807) is 0 Å². The average molecular weight is 412 g/mol. The predicted octanol–water partition coefficient (Wildman–Crippen LogP) is 3.55. The van der Waals surface area contributed by atoms with Gasteiger partial charge < -0.3 is 10.1 Å². The van der Waals surface area contributed by atoms with Gasteiger partial charge in [-0.05, 0) is 18.9 Å². The first-order valence-corrected chi connectivity index (χ1v) is 11.8. The summed E-state index contributed by atoms with van der Waals surface area (Å²) in [6.45, 7) is 1.64. The van der Waals surface area contributed by atoms with Gasteiger partial charge >= 0.3 is 0 Å². The van der Waals surface area contributed by atoms with E-state index in [1.807, 2.05) is 54.6 Å². The number of benzene rings is 2. The number of rotatable bonds is 6. The van der Waals surface area contributed by atoms with E-state index in [1.165, 1.54) is 6.26 Å². The fraction of sp³-hybridized carbons (Fsp3) is 0.364. The molecular weight excluding hydrogens is 386 g/mol. The smallest absolute Gasteiger partial charge is 0.223 e. The van der Waals surface area contributed by atoms with Crippen molar-refractivity contribution in [2.24, 2.45) is 5.41 Å². The summed E-state index contributed by atoms with van der Waals surface area (Å²) >= 11 is 0. The zero-order valence-corrected chi connectivity index (χ0v) is 17.3. The van der Waals surface area contributed by atoms with E-state index in [0.29, 0.717) is 38.5 Å². The number of hydrogen-bond acceptors (Lipinski definition) is 6. The number of nitrogens with one attached hydrogen (secondary N) is 1. The highest BCUT2D eigenvalue weighted by Crippen LogP contribution is 2.33. The van der Waals surface area contributed by atoms with Crippen molar-refractivity contribution in [2.45, 2.75) is 12.8 Å². The minimum atomic E-state index is -3.11. The summed E-state index contributed by atoms with van der Waals surface area (Å²) in [7, 11) is -3.11. The second-order valence-electron chi connectivity index (χ2n) is 7.82. The highest BCUT2D eigenvalue weighted by Gasteiger charge is 2.36. The van der Waals surface area contributed by atoms with Gasteiger partial charge in [0.25, 0.3) is 0 Å². The Morgan fingerprint density at radius 2 is 1.69 bits per heavy atom. The van der Waals surface area contributed by atoms with Crippen LogP contribution in [-0.2, 0) is 14.6 Å². The number of fused-ring (bicyclic) bond motifs is 1. The minimum absolute atomic E-state index is 0.134. The second-order valence-corrected chi connectivity index (χ2v) is 9.96. The molecule has 1 saturated heterocycles. The van der Waals surface area contributed by atoms with Crippen LogP contribution in [0.4, 0.5) is 5.95 Å². The molecule has 0 atom stereocenters. The summed E-state index contributed by atoms with van der Waals surface area (Å²) in [6.07, 6.45) is 2.70.